The van der Waals surface area contributed by atoms with Gasteiger partial charge in [0.2, 0.25) is 0 Å². The molecule has 3 heterocycles. The second-order valence-electron chi connectivity index (χ2n) is 3.64. The molecule has 0 unspecified atom stereocenters. The van der Waals surface area contributed by atoms with Crippen molar-refractivity contribution < 1.29 is 39.1 Å². The van der Waals surface area contributed by atoms with Crippen LogP contribution in [-0.4, -0.2) is 16.3 Å². The zero-order valence-corrected chi connectivity index (χ0v) is 11.4. The van der Waals surface area contributed by atoms with Gasteiger partial charge in [0.1, 0.15) is 5.82 Å². The third-order valence-electron chi connectivity index (χ3n) is 2.72. The van der Waals surface area contributed by atoms with Crippen molar-refractivity contribution in [3.8, 4) is 0 Å². The number of aromatic nitrogens is 2. The van der Waals surface area contributed by atoms with Crippen LogP contribution in [0.1, 0.15) is 16.8 Å². The summed E-state index contributed by atoms with van der Waals surface area (Å²) in [7, 11) is 0. The molecular formula is C11H8N3NaO2. The van der Waals surface area contributed by atoms with Crippen molar-refractivity contribution in [2.45, 2.75) is 13.2 Å². The maximum Gasteiger partial charge on any atom is 1.00 e. The van der Waals surface area contributed by atoms with E-state index in [1.54, 1.807) is 12.4 Å². The Morgan fingerprint density at radius 2 is 2.12 bits per heavy atom. The summed E-state index contributed by atoms with van der Waals surface area (Å²) in [6.45, 7) is 0.980. The summed E-state index contributed by atoms with van der Waals surface area (Å²) in [5.41, 5.74) is 8.68. The molecule has 2 aromatic rings. The fourth-order valence-corrected chi connectivity index (χ4v) is 1.93. The van der Waals surface area contributed by atoms with Crippen molar-refractivity contribution in [2.75, 3.05) is 5.73 Å². The fourth-order valence-electron chi connectivity index (χ4n) is 1.93. The molecular weight excluding hydrogens is 229 g/mol. The van der Waals surface area contributed by atoms with E-state index in [9.17, 15) is 4.79 Å². The summed E-state index contributed by atoms with van der Waals surface area (Å²) in [4.78, 5) is 18.7. The zero-order chi connectivity index (χ0) is 11.1. The van der Waals surface area contributed by atoms with Crippen LogP contribution in [0.25, 0.3) is 10.9 Å². The van der Waals surface area contributed by atoms with Crippen molar-refractivity contribution >= 4 is 23.0 Å². The second kappa shape index (κ2) is 4.70. The van der Waals surface area contributed by atoms with E-state index in [2.05, 4.69) is 9.97 Å². The van der Waals surface area contributed by atoms with Gasteiger partial charge < -0.3 is 15.3 Å². The monoisotopic (exact) mass is 237 g/mol. The molecule has 5 nitrogen and oxygen atoms in total. The van der Waals surface area contributed by atoms with Crippen LogP contribution in [0, 0.1) is 0 Å². The number of ether oxygens (including phenoxy) is 1. The molecule has 0 radical (unpaired) electrons. The molecule has 80 valence electrons. The maximum atomic E-state index is 10.6. The Kier molecular flexibility index (Phi) is 3.44. The fraction of sp³-hybridized carbons (Fsp3) is 0.182. The molecule has 0 amide bonds. The standard InChI is InChI=1S/C11H8N3O2.Na/c12-11-9-5-16-4-8(9)7-1-6(3-15)13-2-10(7)14-11;/h1-2H,4-5H2,(H2,12,14);/q-1;+1. The molecule has 0 saturated heterocycles. The number of pyridine rings is 2. The average molecular weight is 237 g/mol. The van der Waals surface area contributed by atoms with Crippen LogP contribution in [0.3, 0.4) is 0 Å². The van der Waals surface area contributed by atoms with Crippen LogP contribution in [0.2, 0.25) is 0 Å². The number of carbonyl (C=O) groups excluding carboxylic acids is 1. The number of hydrogen-bond acceptors (Lipinski definition) is 5. The normalized spacial score (nSPS) is 13.2. The van der Waals surface area contributed by atoms with Gasteiger partial charge in [0.05, 0.1) is 18.7 Å². The van der Waals surface area contributed by atoms with Crippen molar-refractivity contribution in [2.24, 2.45) is 0 Å². The topological polar surface area (TPSA) is 78.1 Å². The molecule has 1 aliphatic heterocycles. The largest absolute Gasteiger partial charge is 1.00 e. The van der Waals surface area contributed by atoms with E-state index < -0.39 is 0 Å². The smallest absolute Gasteiger partial charge is 0.417 e. The summed E-state index contributed by atoms with van der Waals surface area (Å²) >= 11 is 0. The van der Waals surface area contributed by atoms with Gasteiger partial charge in [-0.2, -0.15) is 6.07 Å². The van der Waals surface area contributed by atoms with Crippen LogP contribution < -0.4 is 35.3 Å². The summed E-state index contributed by atoms with van der Waals surface area (Å²) in [6, 6.07) is 1.67. The van der Waals surface area contributed by atoms with Gasteiger partial charge in [-0.25, -0.2) is 4.98 Å². The van der Waals surface area contributed by atoms with Crippen LogP contribution in [-0.2, 0) is 22.7 Å². The Bertz CT molecular complexity index is 601. The molecule has 2 N–H and O–H groups in total. The Hall–Kier alpha value is -1.01. The molecule has 0 atom stereocenters. The summed E-state index contributed by atoms with van der Waals surface area (Å²) in [5.74, 6) is 0.477. The molecule has 3 rings (SSSR count). The van der Waals surface area contributed by atoms with Gasteiger partial charge in [0.15, 0.2) is 0 Å². The first-order valence-electron chi connectivity index (χ1n) is 4.82. The number of nitrogens with zero attached hydrogens (tertiary/aromatic N) is 2. The molecule has 6 heteroatoms. The van der Waals surface area contributed by atoms with Crippen LogP contribution in [0.15, 0.2) is 12.3 Å². The Morgan fingerprint density at radius 1 is 1.35 bits per heavy atom. The number of rotatable bonds is 1. The van der Waals surface area contributed by atoms with E-state index in [1.165, 1.54) is 6.20 Å². The Labute approximate surface area is 120 Å². The number of anilines is 1. The van der Waals surface area contributed by atoms with E-state index in [0.29, 0.717) is 24.5 Å². The third kappa shape index (κ3) is 1.95. The van der Waals surface area contributed by atoms with E-state index in [-0.39, 0.29) is 35.3 Å². The minimum absolute atomic E-state index is 0. The van der Waals surface area contributed by atoms with Gasteiger partial charge in [-0.05, 0) is 5.56 Å². The van der Waals surface area contributed by atoms with Crippen LogP contribution in [0.5, 0.6) is 0 Å². The molecule has 0 aliphatic carbocycles. The van der Waals surface area contributed by atoms with Crippen LogP contribution in [0.4, 0.5) is 5.82 Å². The molecule has 0 aromatic carbocycles. The van der Waals surface area contributed by atoms with Gasteiger partial charge in [0.25, 0.3) is 0 Å². The average Bonchev–Trinajstić information content (AvgIpc) is 2.78. The SMILES string of the molecule is Nc1nc2cnc([C-]=O)cc2c2c1COC2.[Na+]. The van der Waals surface area contributed by atoms with Crippen molar-refractivity contribution in [1.82, 2.24) is 9.97 Å². The van der Waals surface area contributed by atoms with E-state index in [0.717, 1.165) is 16.5 Å². The van der Waals surface area contributed by atoms with Gasteiger partial charge in [-0.15, -0.1) is 0 Å². The predicted molar refractivity (Wildman–Crippen MR) is 57.2 cm³/mol. The summed E-state index contributed by atoms with van der Waals surface area (Å²) < 4.78 is 5.34. The van der Waals surface area contributed by atoms with Gasteiger partial charge in [-0.3, -0.25) is 4.98 Å². The molecule has 1 aliphatic rings. The minimum atomic E-state index is 0. The van der Waals surface area contributed by atoms with Gasteiger partial charge >= 0.3 is 29.6 Å². The Morgan fingerprint density at radius 3 is 2.88 bits per heavy atom. The molecule has 0 spiro atoms. The molecule has 0 bridgehead atoms. The quantitative estimate of drug-likeness (QED) is 0.446. The second-order valence-corrected chi connectivity index (χ2v) is 3.64. The minimum Gasteiger partial charge on any atom is -0.417 e. The first-order valence-corrected chi connectivity index (χ1v) is 4.82. The zero-order valence-electron chi connectivity index (χ0n) is 9.36. The molecule has 2 aromatic heterocycles. The first kappa shape index (κ1) is 12.4. The summed E-state index contributed by atoms with van der Waals surface area (Å²) in [6.07, 6.45) is 3.30. The van der Waals surface area contributed by atoms with E-state index in [1.807, 2.05) is 0 Å². The maximum absolute atomic E-state index is 10.6. The number of fused-ring (bicyclic) bond motifs is 3. The third-order valence-corrected chi connectivity index (χ3v) is 2.72. The Balaban J connectivity index is 0.00000108. The predicted octanol–water partition coefficient (Wildman–Crippen LogP) is -2.30. The number of nitrogen functional groups attached to an aromatic ring is 1. The first-order chi connectivity index (χ1) is 7.79. The van der Waals surface area contributed by atoms with E-state index in [4.69, 9.17) is 10.5 Å². The van der Waals surface area contributed by atoms with Crippen LogP contribution >= 0.6 is 0 Å². The van der Waals surface area contributed by atoms with Crippen molar-refractivity contribution in [3.63, 3.8) is 0 Å². The van der Waals surface area contributed by atoms with E-state index >= 15 is 0 Å². The molecule has 0 fully saturated rings. The van der Waals surface area contributed by atoms with Crippen molar-refractivity contribution in [1.29, 1.82) is 0 Å². The molecule has 17 heavy (non-hydrogen) atoms. The summed E-state index contributed by atoms with van der Waals surface area (Å²) in [5, 5.41) is 0.870. The van der Waals surface area contributed by atoms with Crippen molar-refractivity contribution in [3.05, 3.63) is 29.1 Å². The number of hydrogen-bond donors (Lipinski definition) is 1. The number of nitrogens with two attached hydrogens (primary N) is 1. The van der Waals surface area contributed by atoms with Gasteiger partial charge in [0, 0.05) is 18.0 Å². The molecule has 0 saturated carbocycles. The van der Waals surface area contributed by atoms with Gasteiger partial charge in [-0.1, -0.05) is 11.1 Å².